The normalized spacial score (nSPS) is 17.8. The van der Waals surface area contributed by atoms with Gasteiger partial charge in [0.1, 0.15) is 12.1 Å². The van der Waals surface area contributed by atoms with E-state index in [1.165, 1.54) is 0 Å². The highest BCUT2D eigenvalue weighted by molar-refractivity contribution is 7.86. The third-order valence-electron chi connectivity index (χ3n) is 8.20. The lowest BCUT2D eigenvalue weighted by Crippen LogP contribution is -2.58. The van der Waals surface area contributed by atoms with Crippen LogP contribution in [0.3, 0.4) is 0 Å². The van der Waals surface area contributed by atoms with Crippen LogP contribution in [0.5, 0.6) is 0 Å². The molecule has 1 aliphatic rings. The van der Waals surface area contributed by atoms with Crippen LogP contribution in [-0.2, 0) is 37.1 Å². The Morgan fingerprint density at radius 1 is 1.04 bits per heavy atom. The van der Waals surface area contributed by atoms with E-state index in [1.807, 2.05) is 12.1 Å². The summed E-state index contributed by atoms with van der Waals surface area (Å²) in [5, 5.41) is 25.0. The second-order valence-electron chi connectivity index (χ2n) is 12.5. The van der Waals surface area contributed by atoms with E-state index in [2.05, 4.69) is 30.9 Å². The molecule has 2 aromatic carbocycles. The van der Waals surface area contributed by atoms with E-state index < -0.39 is 80.9 Å². The number of hydrogen-bond donors (Lipinski definition) is 6. The molecule has 5 atom stereocenters. The zero-order chi connectivity index (χ0) is 36.8. The minimum absolute atomic E-state index is 0.0245. The summed E-state index contributed by atoms with van der Waals surface area (Å²) in [6.07, 6.45) is -4.60. The molecular weight excluding hydrogens is 687 g/mol. The molecule has 2 heterocycles. The molecule has 272 valence electrons. The van der Waals surface area contributed by atoms with Crippen LogP contribution < -0.4 is 21.3 Å². The zero-order valence-electron chi connectivity index (χ0n) is 27.1. The third kappa shape index (κ3) is 10.0. The van der Waals surface area contributed by atoms with Crippen molar-refractivity contribution < 1.29 is 54.9 Å². The molecule has 0 radical (unpaired) electrons. The Labute approximate surface area is 285 Å². The van der Waals surface area contributed by atoms with Crippen molar-refractivity contribution in [3.8, 4) is 0 Å². The number of carbonyl (C=O) groups excluding carboxylic acids is 4. The monoisotopic (exact) mass is 725 g/mol. The highest BCUT2D eigenvalue weighted by Gasteiger charge is 2.39. The van der Waals surface area contributed by atoms with Crippen molar-refractivity contribution in [2.45, 2.75) is 75.7 Å². The summed E-state index contributed by atoms with van der Waals surface area (Å²) >= 11 is 0. The van der Waals surface area contributed by atoms with Gasteiger partial charge in [0, 0.05) is 24.9 Å². The molecule has 3 aromatic rings. The van der Waals surface area contributed by atoms with Crippen LogP contribution >= 0.6 is 0 Å². The minimum atomic E-state index is -5.11. The Bertz CT molecular complexity index is 1810. The van der Waals surface area contributed by atoms with Gasteiger partial charge >= 0.3 is 6.18 Å². The topological polar surface area (TPSA) is 217 Å². The van der Waals surface area contributed by atoms with Gasteiger partial charge in [0.2, 0.25) is 28.9 Å². The second-order valence-corrected chi connectivity index (χ2v) is 14.0. The molecule has 0 bridgehead atoms. The molecule has 14 nitrogen and oxygen atoms in total. The van der Waals surface area contributed by atoms with Crippen molar-refractivity contribution in [3.63, 3.8) is 0 Å². The first kappa shape index (κ1) is 38.3. The first-order valence-electron chi connectivity index (χ1n) is 15.8. The first-order chi connectivity index (χ1) is 23.4. The van der Waals surface area contributed by atoms with Crippen LogP contribution in [0.15, 0.2) is 53.1 Å². The summed E-state index contributed by atoms with van der Waals surface area (Å²) in [7, 11) is -5.11. The molecular formula is C32H38F3N5O9S. The standard InChI is InChI=1S/C32H38F3N5O9S/c1-17(2)13-22(28(42)39-25(31(45)50(46,47)48)15-20-10-6-12-36-27(20)41)37-29(43)23(14-19-9-5-8-18-7-3-4-11-21(18)19)38-30(44)24-16-26(49-40-24)32(33,34)35/h3-5,7-9,11,16-17,20,22-23,25,31,45H,6,10,12-15H2,1-2H3,(H,36,41)(H,37,43)(H,38,44)(H,39,42)(H,46,47,48)/t20-,22+,23+,25+,31?/m0/s1. The van der Waals surface area contributed by atoms with Crippen LogP contribution in [0.2, 0.25) is 0 Å². The summed E-state index contributed by atoms with van der Waals surface area (Å²) in [5.41, 5.74) is -2.68. The average Bonchev–Trinajstić information content (AvgIpc) is 3.56. The number of nitrogens with zero attached hydrogens (tertiary/aromatic N) is 1. The van der Waals surface area contributed by atoms with E-state index in [-0.39, 0.29) is 25.2 Å². The fourth-order valence-electron chi connectivity index (χ4n) is 5.73. The van der Waals surface area contributed by atoms with Crippen molar-refractivity contribution in [2.24, 2.45) is 11.8 Å². The predicted octanol–water partition coefficient (Wildman–Crippen LogP) is 2.33. The number of amides is 4. The van der Waals surface area contributed by atoms with Gasteiger partial charge in [-0.1, -0.05) is 61.5 Å². The van der Waals surface area contributed by atoms with Crippen LogP contribution in [-0.4, -0.2) is 77.0 Å². The number of alkyl halides is 3. The number of rotatable bonds is 14. The molecule has 1 aromatic heterocycles. The highest BCUT2D eigenvalue weighted by atomic mass is 32.2. The fraction of sp³-hybridized carbons (Fsp3) is 0.469. The van der Waals surface area contributed by atoms with Crippen LogP contribution in [0.25, 0.3) is 10.8 Å². The Kier molecular flexibility index (Phi) is 12.2. The number of aliphatic hydroxyl groups excluding tert-OH is 1. The maximum atomic E-state index is 13.9. The van der Waals surface area contributed by atoms with Gasteiger partial charge in [-0.2, -0.15) is 21.6 Å². The summed E-state index contributed by atoms with van der Waals surface area (Å²) in [4.78, 5) is 53.0. The van der Waals surface area contributed by atoms with Gasteiger partial charge in [-0.3, -0.25) is 23.7 Å². The number of benzene rings is 2. The maximum absolute atomic E-state index is 13.9. The lowest BCUT2D eigenvalue weighted by molar-refractivity contribution is -0.155. The number of carbonyl (C=O) groups is 4. The average molecular weight is 726 g/mol. The number of piperidine rings is 1. The number of fused-ring (bicyclic) bond motifs is 1. The Morgan fingerprint density at radius 3 is 2.36 bits per heavy atom. The lowest BCUT2D eigenvalue weighted by Gasteiger charge is -2.30. The van der Waals surface area contributed by atoms with E-state index in [9.17, 15) is 50.4 Å². The van der Waals surface area contributed by atoms with E-state index >= 15 is 0 Å². The second kappa shape index (κ2) is 16.0. The quantitative estimate of drug-likeness (QED) is 0.133. The SMILES string of the molecule is CC(C)C[C@@H](NC(=O)[C@@H](Cc1cccc2ccccc12)NC(=O)c1cc(C(F)(F)F)on1)C(=O)N[C@H](C[C@@H]1CCCNC1=O)C(O)S(=O)(=O)O. The summed E-state index contributed by atoms with van der Waals surface area (Å²) in [6.45, 7) is 3.84. The van der Waals surface area contributed by atoms with E-state index in [0.29, 0.717) is 36.4 Å². The van der Waals surface area contributed by atoms with Crippen molar-refractivity contribution >= 4 is 44.5 Å². The van der Waals surface area contributed by atoms with Gasteiger partial charge in [-0.25, -0.2) is 0 Å². The van der Waals surface area contributed by atoms with E-state index in [4.69, 9.17) is 0 Å². The molecule has 1 unspecified atom stereocenters. The molecule has 18 heteroatoms. The number of hydrogen-bond acceptors (Lipinski definition) is 9. The Balaban J connectivity index is 1.62. The molecule has 0 spiro atoms. The van der Waals surface area contributed by atoms with E-state index in [1.54, 1.807) is 44.2 Å². The first-order valence-corrected chi connectivity index (χ1v) is 17.3. The smallest absolute Gasteiger partial charge is 0.374 e. The summed E-state index contributed by atoms with van der Waals surface area (Å²) in [6, 6.07) is 8.21. The van der Waals surface area contributed by atoms with Crippen molar-refractivity contribution in [1.82, 2.24) is 26.4 Å². The van der Waals surface area contributed by atoms with Gasteiger partial charge in [0.05, 0.1) is 6.04 Å². The highest BCUT2D eigenvalue weighted by Crippen LogP contribution is 2.29. The maximum Gasteiger partial charge on any atom is 0.452 e. The molecule has 0 saturated carbocycles. The molecule has 1 fully saturated rings. The van der Waals surface area contributed by atoms with Gasteiger partial charge in [-0.05, 0) is 47.9 Å². The van der Waals surface area contributed by atoms with Crippen molar-refractivity contribution in [3.05, 3.63) is 65.5 Å². The number of aromatic nitrogens is 1. The Hall–Kier alpha value is -4.55. The Morgan fingerprint density at radius 2 is 1.72 bits per heavy atom. The molecule has 1 aliphatic heterocycles. The zero-order valence-corrected chi connectivity index (χ0v) is 27.9. The molecule has 6 N–H and O–H groups in total. The third-order valence-corrected chi connectivity index (χ3v) is 9.14. The fourth-order valence-corrected chi connectivity index (χ4v) is 6.32. The van der Waals surface area contributed by atoms with Gasteiger partial charge < -0.3 is 30.9 Å². The summed E-state index contributed by atoms with van der Waals surface area (Å²) < 4.78 is 77.0. The predicted molar refractivity (Wildman–Crippen MR) is 172 cm³/mol. The number of nitrogens with one attached hydrogen (secondary N) is 4. The van der Waals surface area contributed by atoms with Crippen LogP contribution in [0.4, 0.5) is 13.2 Å². The molecule has 4 amide bonds. The van der Waals surface area contributed by atoms with Crippen LogP contribution in [0.1, 0.15) is 61.3 Å². The number of halogens is 3. The summed E-state index contributed by atoms with van der Waals surface area (Å²) in [5.74, 6) is -6.05. The molecule has 50 heavy (non-hydrogen) atoms. The van der Waals surface area contributed by atoms with Crippen molar-refractivity contribution in [1.29, 1.82) is 0 Å². The van der Waals surface area contributed by atoms with Gasteiger partial charge in [-0.15, -0.1) is 0 Å². The van der Waals surface area contributed by atoms with Crippen LogP contribution in [0, 0.1) is 11.8 Å². The van der Waals surface area contributed by atoms with Gasteiger partial charge in [0.15, 0.2) is 5.69 Å². The van der Waals surface area contributed by atoms with Gasteiger partial charge in [0.25, 0.3) is 16.0 Å². The minimum Gasteiger partial charge on any atom is -0.374 e. The number of aliphatic hydroxyl groups is 1. The molecule has 0 aliphatic carbocycles. The molecule has 1 saturated heterocycles. The van der Waals surface area contributed by atoms with Crippen molar-refractivity contribution in [2.75, 3.05) is 6.54 Å². The molecule has 4 rings (SSSR count). The lowest BCUT2D eigenvalue weighted by atomic mass is 9.91. The van der Waals surface area contributed by atoms with E-state index in [0.717, 1.165) is 5.39 Å². The largest absolute Gasteiger partial charge is 0.452 e.